The van der Waals surface area contributed by atoms with Crippen LogP contribution in [0.15, 0.2) is 0 Å². The Hall–Kier alpha value is 0.0649. The van der Waals surface area contributed by atoms with Crippen LogP contribution in [0.2, 0.25) is 19.0 Å². The van der Waals surface area contributed by atoms with Gasteiger partial charge in [0.15, 0.2) is 0 Å². The molecular formula is C30H63B. The van der Waals surface area contributed by atoms with Crippen molar-refractivity contribution in [2.75, 3.05) is 0 Å². The third-order valence-electron chi connectivity index (χ3n) is 8.13. The largest absolute Gasteiger partial charge is 0.140 e. The molecule has 0 aliphatic carbocycles. The summed E-state index contributed by atoms with van der Waals surface area (Å²) in [5, 5.41) is 0. The normalized spacial score (nSPS) is 14.5. The molecule has 3 unspecified atom stereocenters. The molecule has 0 rings (SSSR count). The molecular weight excluding hydrogens is 371 g/mol. The van der Waals surface area contributed by atoms with Crippen LogP contribution < -0.4 is 0 Å². The summed E-state index contributed by atoms with van der Waals surface area (Å²) in [4.78, 5) is 0. The number of rotatable bonds is 24. The quantitative estimate of drug-likeness (QED) is 0.105. The van der Waals surface area contributed by atoms with Crippen LogP contribution in [0.3, 0.4) is 0 Å². The van der Waals surface area contributed by atoms with Crippen molar-refractivity contribution in [1.82, 2.24) is 0 Å². The molecule has 31 heavy (non-hydrogen) atoms. The van der Waals surface area contributed by atoms with Crippen LogP contribution in [0, 0.1) is 17.8 Å². The second-order valence-electron chi connectivity index (χ2n) is 10.9. The van der Waals surface area contributed by atoms with Gasteiger partial charge in [0.2, 0.25) is 0 Å². The van der Waals surface area contributed by atoms with Gasteiger partial charge in [-0.3, -0.25) is 0 Å². The van der Waals surface area contributed by atoms with Crippen LogP contribution in [0.1, 0.15) is 157 Å². The third kappa shape index (κ3) is 18.2. The SMILES string of the molecule is CCCCCCC(CC)CB(CC(CC)CCCCCC)CC(CC)CCCCCC. The highest BCUT2D eigenvalue weighted by Crippen LogP contribution is 2.32. The Morgan fingerprint density at radius 3 is 0.903 bits per heavy atom. The molecule has 0 heterocycles. The molecule has 0 aromatic rings. The van der Waals surface area contributed by atoms with Gasteiger partial charge in [0.1, 0.15) is 6.71 Å². The maximum atomic E-state index is 2.46. The maximum absolute atomic E-state index is 2.46. The molecule has 1 heteroatoms. The molecule has 0 spiro atoms. The molecule has 0 aliphatic rings. The lowest BCUT2D eigenvalue weighted by molar-refractivity contribution is 0.443. The van der Waals surface area contributed by atoms with E-state index in [4.69, 9.17) is 0 Å². The van der Waals surface area contributed by atoms with Crippen molar-refractivity contribution in [2.45, 2.75) is 176 Å². The monoisotopic (exact) mass is 435 g/mol. The highest BCUT2D eigenvalue weighted by atomic mass is 14.2. The number of hydrogen-bond acceptors (Lipinski definition) is 0. The summed E-state index contributed by atoms with van der Waals surface area (Å²) in [6.45, 7) is 15.4. The van der Waals surface area contributed by atoms with Crippen molar-refractivity contribution in [2.24, 2.45) is 17.8 Å². The first kappa shape index (κ1) is 31.1. The summed E-state index contributed by atoms with van der Waals surface area (Å²) >= 11 is 0. The fraction of sp³-hybridized carbons (Fsp3) is 1.00. The van der Waals surface area contributed by atoms with Crippen LogP contribution >= 0.6 is 0 Å². The minimum atomic E-state index is 0.983. The summed E-state index contributed by atoms with van der Waals surface area (Å²) in [5.74, 6) is 2.95. The van der Waals surface area contributed by atoms with Crippen LogP contribution in [-0.2, 0) is 0 Å². The standard InChI is InChI=1S/C30H63B/c1-7-13-16-19-22-28(10-4)25-31(26-29(11-5)23-20-17-14-8-2)27-30(12-6)24-21-18-15-9-3/h28-30H,7-27H2,1-6H3. The smallest absolute Gasteiger partial charge is 0.0713 e. The van der Waals surface area contributed by atoms with Gasteiger partial charge in [-0.05, 0) is 17.8 Å². The number of unbranched alkanes of at least 4 members (excludes halogenated alkanes) is 9. The topological polar surface area (TPSA) is 0 Å². The van der Waals surface area contributed by atoms with Crippen LogP contribution in [0.25, 0.3) is 0 Å². The Balaban J connectivity index is 4.85. The Kier molecular flexibility index (Phi) is 23.3. The van der Waals surface area contributed by atoms with E-state index in [0.717, 1.165) is 24.5 Å². The highest BCUT2D eigenvalue weighted by molar-refractivity contribution is 6.59. The lowest BCUT2D eigenvalue weighted by Gasteiger charge is -2.27. The lowest BCUT2D eigenvalue weighted by atomic mass is 9.37. The van der Waals surface area contributed by atoms with E-state index in [1.807, 2.05) is 0 Å². The van der Waals surface area contributed by atoms with Crippen molar-refractivity contribution < 1.29 is 0 Å². The van der Waals surface area contributed by atoms with Crippen molar-refractivity contribution >= 4 is 6.71 Å². The van der Waals surface area contributed by atoms with Crippen LogP contribution in [-0.4, -0.2) is 6.71 Å². The van der Waals surface area contributed by atoms with E-state index in [0.29, 0.717) is 0 Å². The summed E-state index contributed by atoms with van der Waals surface area (Å²) in [5.41, 5.74) is 0. The maximum Gasteiger partial charge on any atom is 0.140 e. The Morgan fingerprint density at radius 2 is 0.677 bits per heavy atom. The fourth-order valence-electron chi connectivity index (χ4n) is 5.75. The van der Waals surface area contributed by atoms with Gasteiger partial charge in [-0.25, -0.2) is 0 Å². The minimum Gasteiger partial charge on any atom is -0.0713 e. The van der Waals surface area contributed by atoms with Gasteiger partial charge in [0.05, 0.1) is 0 Å². The molecule has 0 bridgehead atoms. The zero-order valence-corrected chi connectivity index (χ0v) is 23.2. The van der Waals surface area contributed by atoms with E-state index in [9.17, 15) is 0 Å². The van der Waals surface area contributed by atoms with E-state index in [-0.39, 0.29) is 0 Å². The predicted molar refractivity (Wildman–Crippen MR) is 148 cm³/mol. The molecule has 3 atom stereocenters. The second-order valence-corrected chi connectivity index (χ2v) is 10.9. The van der Waals surface area contributed by atoms with Crippen LogP contribution in [0.4, 0.5) is 0 Å². The average Bonchev–Trinajstić information content (AvgIpc) is 2.79. The van der Waals surface area contributed by atoms with Crippen LogP contribution in [0.5, 0.6) is 0 Å². The van der Waals surface area contributed by atoms with Gasteiger partial charge in [0.25, 0.3) is 0 Å². The van der Waals surface area contributed by atoms with E-state index < -0.39 is 0 Å². The summed E-state index contributed by atoms with van der Waals surface area (Å²) < 4.78 is 0. The average molecular weight is 435 g/mol. The molecule has 0 aromatic carbocycles. The molecule has 0 saturated heterocycles. The molecule has 186 valence electrons. The van der Waals surface area contributed by atoms with E-state index in [1.54, 1.807) is 0 Å². The van der Waals surface area contributed by atoms with E-state index >= 15 is 0 Å². The highest BCUT2D eigenvalue weighted by Gasteiger charge is 2.25. The van der Waals surface area contributed by atoms with Gasteiger partial charge >= 0.3 is 0 Å². The first-order chi connectivity index (χ1) is 15.1. The zero-order chi connectivity index (χ0) is 23.2. The van der Waals surface area contributed by atoms with Gasteiger partial charge in [-0.1, -0.05) is 176 Å². The summed E-state index contributed by atoms with van der Waals surface area (Å²) in [6.07, 6.45) is 30.5. The van der Waals surface area contributed by atoms with Crippen molar-refractivity contribution in [3.05, 3.63) is 0 Å². The molecule has 0 aromatic heterocycles. The van der Waals surface area contributed by atoms with Gasteiger partial charge in [-0.2, -0.15) is 0 Å². The molecule has 0 radical (unpaired) electrons. The Labute approximate surface area is 200 Å². The van der Waals surface area contributed by atoms with Gasteiger partial charge in [0, 0.05) is 0 Å². The van der Waals surface area contributed by atoms with Crippen molar-refractivity contribution in [3.8, 4) is 0 Å². The third-order valence-corrected chi connectivity index (χ3v) is 8.13. The molecule has 0 N–H and O–H groups in total. The summed E-state index contributed by atoms with van der Waals surface area (Å²) in [7, 11) is 0. The molecule has 0 amide bonds. The van der Waals surface area contributed by atoms with Crippen molar-refractivity contribution in [3.63, 3.8) is 0 Å². The van der Waals surface area contributed by atoms with E-state index in [2.05, 4.69) is 41.5 Å². The molecule has 0 nitrogen and oxygen atoms in total. The molecule has 0 saturated carbocycles. The Bertz CT molecular complexity index is 287. The fourth-order valence-corrected chi connectivity index (χ4v) is 5.75. The lowest BCUT2D eigenvalue weighted by Crippen LogP contribution is -2.24. The zero-order valence-electron chi connectivity index (χ0n) is 23.2. The van der Waals surface area contributed by atoms with E-state index in [1.165, 1.54) is 135 Å². The summed E-state index contributed by atoms with van der Waals surface area (Å²) in [6, 6.07) is 0. The second kappa shape index (κ2) is 23.2. The first-order valence-corrected chi connectivity index (χ1v) is 15.1. The van der Waals surface area contributed by atoms with Crippen molar-refractivity contribution in [1.29, 1.82) is 0 Å². The Morgan fingerprint density at radius 1 is 0.387 bits per heavy atom. The minimum absolute atomic E-state index is 0.983. The predicted octanol–water partition coefficient (Wildman–Crippen LogP) is 11.5. The molecule has 0 fully saturated rings. The number of hydrogen-bond donors (Lipinski definition) is 0. The first-order valence-electron chi connectivity index (χ1n) is 15.1. The van der Waals surface area contributed by atoms with Gasteiger partial charge < -0.3 is 0 Å². The van der Waals surface area contributed by atoms with Gasteiger partial charge in [-0.15, -0.1) is 0 Å². The molecule has 0 aliphatic heterocycles.